The summed E-state index contributed by atoms with van der Waals surface area (Å²) in [4.78, 5) is 0.420. The monoisotopic (exact) mass is 281 g/mol. The lowest BCUT2D eigenvalue weighted by Gasteiger charge is -2.25. The molecule has 1 aromatic carbocycles. The molecule has 0 bridgehead atoms. The number of nitrogens with one attached hydrogen (secondary N) is 1. The van der Waals surface area contributed by atoms with Crippen LogP contribution in [0.4, 0.5) is 0 Å². The lowest BCUT2D eigenvalue weighted by atomic mass is 10.1. The van der Waals surface area contributed by atoms with Crippen molar-refractivity contribution < 1.29 is 13.2 Å². The molecule has 19 heavy (non-hydrogen) atoms. The molecule has 0 aromatic heterocycles. The summed E-state index contributed by atoms with van der Waals surface area (Å²) in [6, 6.07) is 7.89. The Bertz CT molecular complexity index is 528. The third-order valence-corrected chi connectivity index (χ3v) is 6.02. The normalized spacial score (nSPS) is 24.3. The summed E-state index contributed by atoms with van der Waals surface area (Å²) in [7, 11) is -3.19. The molecule has 2 aliphatic rings. The van der Waals surface area contributed by atoms with Gasteiger partial charge < -0.3 is 10.1 Å². The van der Waals surface area contributed by atoms with Crippen LogP contribution in [0.3, 0.4) is 0 Å². The zero-order valence-corrected chi connectivity index (χ0v) is 11.7. The average molecular weight is 281 g/mol. The number of hydrogen-bond donors (Lipinski definition) is 1. The van der Waals surface area contributed by atoms with Crippen molar-refractivity contribution in [2.24, 2.45) is 0 Å². The maximum atomic E-state index is 12.2. The van der Waals surface area contributed by atoms with E-state index in [1.807, 2.05) is 12.1 Å². The first-order valence-corrected chi connectivity index (χ1v) is 8.35. The molecule has 1 N–H and O–H groups in total. The smallest absolute Gasteiger partial charge is 0.185 e. The maximum absolute atomic E-state index is 12.2. The highest BCUT2D eigenvalue weighted by Crippen LogP contribution is 2.22. The number of ether oxygens (including phenoxy) is 1. The summed E-state index contributed by atoms with van der Waals surface area (Å²) >= 11 is 0. The van der Waals surface area contributed by atoms with Gasteiger partial charge in [0.2, 0.25) is 0 Å². The molecular formula is C14H19NO3S. The minimum absolute atomic E-state index is 0.329. The molecule has 104 valence electrons. The molecule has 1 atom stereocenters. The molecule has 0 aliphatic carbocycles. The first-order valence-electron chi connectivity index (χ1n) is 6.80. The van der Waals surface area contributed by atoms with Gasteiger partial charge in [-0.3, -0.25) is 0 Å². The predicted octanol–water partition coefficient (Wildman–Crippen LogP) is 1.15. The molecule has 0 amide bonds. The quantitative estimate of drug-likeness (QED) is 0.899. The standard InChI is InChI=1S/C14H19NO3S/c16-19(17,14-9-18-10-14)13-5-3-11(4-6-13)8-12-2-1-7-15-12/h3-6,12,14-15H,1-2,7-10H2. The number of rotatable bonds is 4. The van der Waals surface area contributed by atoms with Crippen LogP contribution < -0.4 is 5.32 Å². The zero-order chi connectivity index (χ0) is 13.3. The lowest BCUT2D eigenvalue weighted by Crippen LogP contribution is -2.40. The van der Waals surface area contributed by atoms with Gasteiger partial charge in [-0.05, 0) is 43.5 Å². The minimum atomic E-state index is -3.19. The molecule has 2 fully saturated rings. The highest BCUT2D eigenvalue weighted by Gasteiger charge is 2.33. The van der Waals surface area contributed by atoms with Crippen LogP contribution in [0.2, 0.25) is 0 Å². The van der Waals surface area contributed by atoms with E-state index in [1.165, 1.54) is 18.4 Å². The molecule has 2 aliphatic heterocycles. The van der Waals surface area contributed by atoms with Gasteiger partial charge in [0.25, 0.3) is 0 Å². The molecule has 5 heteroatoms. The van der Waals surface area contributed by atoms with Gasteiger partial charge in [-0.2, -0.15) is 0 Å². The zero-order valence-electron chi connectivity index (χ0n) is 10.8. The molecule has 3 rings (SSSR count). The van der Waals surface area contributed by atoms with Crippen LogP contribution in [0.5, 0.6) is 0 Å². The van der Waals surface area contributed by atoms with Gasteiger partial charge in [0.1, 0.15) is 5.25 Å². The van der Waals surface area contributed by atoms with Gasteiger partial charge in [0.05, 0.1) is 18.1 Å². The number of hydrogen-bond acceptors (Lipinski definition) is 4. The number of benzene rings is 1. The molecule has 0 spiro atoms. The van der Waals surface area contributed by atoms with Crippen LogP contribution in [0, 0.1) is 0 Å². The van der Waals surface area contributed by atoms with Gasteiger partial charge in [-0.15, -0.1) is 0 Å². The van der Waals surface area contributed by atoms with Gasteiger partial charge in [-0.1, -0.05) is 12.1 Å². The summed E-state index contributed by atoms with van der Waals surface area (Å²) in [5, 5.41) is 3.10. The van der Waals surface area contributed by atoms with Crippen LogP contribution in [-0.2, 0) is 21.0 Å². The molecule has 1 unspecified atom stereocenters. The molecule has 4 nitrogen and oxygen atoms in total. The van der Waals surface area contributed by atoms with E-state index in [2.05, 4.69) is 5.32 Å². The van der Waals surface area contributed by atoms with Gasteiger partial charge in [0, 0.05) is 6.04 Å². The van der Waals surface area contributed by atoms with Gasteiger partial charge in [0.15, 0.2) is 9.84 Å². The lowest BCUT2D eigenvalue weighted by molar-refractivity contribution is 0.0416. The fraction of sp³-hybridized carbons (Fsp3) is 0.571. The van der Waals surface area contributed by atoms with Crippen molar-refractivity contribution in [3.05, 3.63) is 29.8 Å². The van der Waals surface area contributed by atoms with Crippen LogP contribution in [0.1, 0.15) is 18.4 Å². The predicted molar refractivity (Wildman–Crippen MR) is 73.0 cm³/mol. The molecule has 0 saturated carbocycles. The fourth-order valence-electron chi connectivity index (χ4n) is 2.62. The Morgan fingerprint density at radius 3 is 2.47 bits per heavy atom. The van der Waals surface area contributed by atoms with Crippen molar-refractivity contribution in [3.8, 4) is 0 Å². The van der Waals surface area contributed by atoms with Crippen LogP contribution >= 0.6 is 0 Å². The first kappa shape index (κ1) is 13.1. The molecule has 2 saturated heterocycles. The van der Waals surface area contributed by atoms with Crippen molar-refractivity contribution in [1.29, 1.82) is 0 Å². The first-order chi connectivity index (χ1) is 9.16. The highest BCUT2D eigenvalue weighted by molar-refractivity contribution is 7.92. The summed E-state index contributed by atoms with van der Waals surface area (Å²) < 4.78 is 29.3. The van der Waals surface area contributed by atoms with Crippen LogP contribution in [-0.4, -0.2) is 39.5 Å². The van der Waals surface area contributed by atoms with Crippen molar-refractivity contribution >= 4 is 9.84 Å². The Hall–Kier alpha value is -0.910. The number of sulfone groups is 1. The Morgan fingerprint density at radius 1 is 1.21 bits per heavy atom. The summed E-state index contributed by atoms with van der Waals surface area (Å²) in [6.45, 7) is 1.75. The van der Waals surface area contributed by atoms with Crippen molar-refractivity contribution in [1.82, 2.24) is 5.32 Å². The third kappa shape index (κ3) is 2.68. The largest absolute Gasteiger partial charge is 0.379 e. The van der Waals surface area contributed by atoms with E-state index in [0.29, 0.717) is 24.2 Å². The topological polar surface area (TPSA) is 55.4 Å². The Kier molecular flexibility index (Phi) is 3.60. The molecule has 1 aromatic rings. The second-order valence-corrected chi connectivity index (χ2v) is 7.57. The van der Waals surface area contributed by atoms with E-state index in [4.69, 9.17) is 4.74 Å². The molecule has 0 radical (unpaired) electrons. The second-order valence-electron chi connectivity index (χ2n) is 5.35. The van der Waals surface area contributed by atoms with Crippen LogP contribution in [0.25, 0.3) is 0 Å². The maximum Gasteiger partial charge on any atom is 0.185 e. The van der Waals surface area contributed by atoms with E-state index in [0.717, 1.165) is 13.0 Å². The van der Waals surface area contributed by atoms with E-state index in [-0.39, 0.29) is 5.25 Å². The van der Waals surface area contributed by atoms with Crippen molar-refractivity contribution in [3.63, 3.8) is 0 Å². The fourth-order valence-corrected chi connectivity index (χ4v) is 4.07. The van der Waals surface area contributed by atoms with Crippen LogP contribution in [0.15, 0.2) is 29.2 Å². The average Bonchev–Trinajstić information content (AvgIpc) is 2.79. The summed E-state index contributed by atoms with van der Waals surface area (Å²) in [5.41, 5.74) is 1.20. The van der Waals surface area contributed by atoms with E-state index < -0.39 is 9.84 Å². The molecule has 2 heterocycles. The highest BCUT2D eigenvalue weighted by atomic mass is 32.2. The summed E-state index contributed by atoms with van der Waals surface area (Å²) in [5.74, 6) is 0. The van der Waals surface area contributed by atoms with E-state index >= 15 is 0 Å². The SMILES string of the molecule is O=S(=O)(c1ccc(CC2CCCN2)cc1)C1COC1. The Labute approximate surface area is 114 Å². The second kappa shape index (κ2) is 5.23. The van der Waals surface area contributed by atoms with Gasteiger partial charge >= 0.3 is 0 Å². The van der Waals surface area contributed by atoms with E-state index in [9.17, 15) is 8.42 Å². The van der Waals surface area contributed by atoms with Crippen molar-refractivity contribution in [2.75, 3.05) is 19.8 Å². The Balaban J connectivity index is 1.71. The summed E-state index contributed by atoms with van der Waals surface area (Å²) in [6.07, 6.45) is 3.42. The van der Waals surface area contributed by atoms with Gasteiger partial charge in [-0.25, -0.2) is 8.42 Å². The Morgan fingerprint density at radius 2 is 1.95 bits per heavy atom. The molecular weight excluding hydrogens is 262 g/mol. The van der Waals surface area contributed by atoms with E-state index in [1.54, 1.807) is 12.1 Å². The minimum Gasteiger partial charge on any atom is -0.379 e. The third-order valence-electron chi connectivity index (χ3n) is 3.94. The van der Waals surface area contributed by atoms with Crippen molar-refractivity contribution in [2.45, 2.75) is 35.4 Å².